The number of hydrogen-bond donors (Lipinski definition) is 2. The third-order valence-electron chi connectivity index (χ3n) is 5.97. The van der Waals surface area contributed by atoms with Crippen LogP contribution in [0, 0.1) is 5.92 Å². The number of ketones is 1. The number of nitrogens with zero attached hydrogens (tertiary/aromatic N) is 3. The summed E-state index contributed by atoms with van der Waals surface area (Å²) >= 11 is 0. The van der Waals surface area contributed by atoms with Crippen molar-refractivity contribution in [3.05, 3.63) is 17.7 Å². The molecule has 1 spiro atoms. The Morgan fingerprint density at radius 2 is 1.75 bits per heavy atom. The third-order valence-corrected chi connectivity index (χ3v) is 5.97. The molecule has 1 aromatic rings. The second kappa shape index (κ2) is 6.39. The molecule has 148 valence electrons. The van der Waals surface area contributed by atoms with Crippen LogP contribution in [0.4, 0.5) is 5.69 Å². The van der Waals surface area contributed by atoms with Crippen LogP contribution in [0.25, 0.3) is 0 Å². The van der Waals surface area contributed by atoms with Gasteiger partial charge in [-0.2, -0.15) is 4.99 Å². The van der Waals surface area contributed by atoms with Gasteiger partial charge >= 0.3 is 0 Å². The number of anilines is 1. The van der Waals surface area contributed by atoms with Crippen molar-refractivity contribution in [3.63, 3.8) is 0 Å². The van der Waals surface area contributed by atoms with E-state index in [1.165, 1.54) is 0 Å². The fourth-order valence-electron chi connectivity index (χ4n) is 4.50. The minimum absolute atomic E-state index is 0.0696. The average molecular weight is 383 g/mol. The summed E-state index contributed by atoms with van der Waals surface area (Å²) in [5, 5.41) is 0. The zero-order valence-electron chi connectivity index (χ0n) is 15.8. The standard InChI is InChI=1S/C20H25N5O3/c21-18-23-19(22)25(20(24-18)6-2-1-3-7-20)14-11-16-15(27-8-9-28-16)10-13(14)17(26)12-4-5-12/h10-12H,1-9H2,(H4,21,22,23,24). The number of benzene rings is 1. The number of nitrogens with two attached hydrogens (primary N) is 2. The Labute approximate surface area is 163 Å². The van der Waals surface area contributed by atoms with Gasteiger partial charge in [0.25, 0.3) is 0 Å². The molecule has 1 aromatic carbocycles. The van der Waals surface area contributed by atoms with Crippen molar-refractivity contribution in [2.75, 3.05) is 18.1 Å². The molecule has 0 unspecified atom stereocenters. The lowest BCUT2D eigenvalue weighted by Gasteiger charge is -2.46. The first-order valence-corrected chi connectivity index (χ1v) is 10.0. The molecule has 28 heavy (non-hydrogen) atoms. The van der Waals surface area contributed by atoms with Gasteiger partial charge in [-0.1, -0.05) is 6.42 Å². The molecule has 0 atom stereocenters. The lowest BCUT2D eigenvalue weighted by Crippen LogP contribution is -2.58. The van der Waals surface area contributed by atoms with E-state index in [0.717, 1.165) is 44.9 Å². The molecule has 2 heterocycles. The summed E-state index contributed by atoms with van der Waals surface area (Å²) in [6.45, 7) is 0.948. The van der Waals surface area contributed by atoms with Crippen molar-refractivity contribution in [2.24, 2.45) is 27.4 Å². The minimum atomic E-state index is -0.601. The number of rotatable bonds is 3. The van der Waals surface area contributed by atoms with Gasteiger partial charge in [-0.15, -0.1) is 0 Å². The first kappa shape index (κ1) is 17.3. The second-order valence-corrected chi connectivity index (χ2v) is 7.97. The van der Waals surface area contributed by atoms with E-state index in [4.69, 9.17) is 25.9 Å². The monoisotopic (exact) mass is 383 g/mol. The third kappa shape index (κ3) is 2.78. The Morgan fingerprint density at radius 1 is 1.07 bits per heavy atom. The normalized spacial score (nSPS) is 23.2. The number of ether oxygens (including phenoxy) is 2. The van der Waals surface area contributed by atoms with Crippen molar-refractivity contribution < 1.29 is 14.3 Å². The Bertz CT molecular complexity index is 884. The maximum atomic E-state index is 13.1. The lowest BCUT2D eigenvalue weighted by atomic mass is 9.86. The molecule has 8 heteroatoms. The first-order valence-electron chi connectivity index (χ1n) is 10.0. The van der Waals surface area contributed by atoms with Crippen LogP contribution in [0.3, 0.4) is 0 Å². The summed E-state index contributed by atoms with van der Waals surface area (Å²) in [5.41, 5.74) is 13.1. The van der Waals surface area contributed by atoms with Crippen molar-refractivity contribution in [2.45, 2.75) is 50.6 Å². The first-order chi connectivity index (χ1) is 13.6. The number of hydrogen-bond acceptors (Lipinski definition) is 8. The van der Waals surface area contributed by atoms with Crippen molar-refractivity contribution in [3.8, 4) is 11.5 Å². The van der Waals surface area contributed by atoms with Crippen LogP contribution in [-0.4, -0.2) is 36.6 Å². The van der Waals surface area contributed by atoms with E-state index < -0.39 is 5.66 Å². The Hall–Kier alpha value is -2.77. The summed E-state index contributed by atoms with van der Waals surface area (Å²) in [5.74, 6) is 1.88. The van der Waals surface area contributed by atoms with Gasteiger partial charge in [0.15, 0.2) is 17.3 Å². The fourth-order valence-corrected chi connectivity index (χ4v) is 4.50. The van der Waals surface area contributed by atoms with Gasteiger partial charge in [-0.3, -0.25) is 9.69 Å². The predicted molar refractivity (Wildman–Crippen MR) is 106 cm³/mol. The molecule has 0 aromatic heterocycles. The molecule has 4 N–H and O–H groups in total. The van der Waals surface area contributed by atoms with E-state index in [2.05, 4.69) is 4.99 Å². The maximum absolute atomic E-state index is 13.1. The number of guanidine groups is 2. The van der Waals surface area contributed by atoms with Gasteiger partial charge in [0, 0.05) is 17.5 Å². The van der Waals surface area contributed by atoms with Gasteiger partial charge in [0.05, 0.1) is 5.69 Å². The van der Waals surface area contributed by atoms with Crippen molar-refractivity contribution in [1.29, 1.82) is 0 Å². The SMILES string of the molecule is NC1=NC2(CCCCC2)N(c2cc3c(cc2C(=O)C2CC2)OCCO3)C(N)=N1. The highest BCUT2D eigenvalue weighted by atomic mass is 16.6. The van der Waals surface area contributed by atoms with Crippen molar-refractivity contribution >= 4 is 23.4 Å². The van der Waals surface area contributed by atoms with Gasteiger partial charge < -0.3 is 20.9 Å². The quantitative estimate of drug-likeness (QED) is 0.773. The second-order valence-electron chi connectivity index (χ2n) is 7.97. The Balaban J connectivity index is 1.67. The number of carbonyl (C=O) groups is 1. The van der Waals surface area contributed by atoms with E-state index in [-0.39, 0.29) is 23.6 Å². The van der Waals surface area contributed by atoms with Crippen LogP contribution < -0.4 is 25.8 Å². The van der Waals surface area contributed by atoms with Gasteiger partial charge in [-0.05, 0) is 44.6 Å². The van der Waals surface area contributed by atoms with Crippen molar-refractivity contribution in [1.82, 2.24) is 0 Å². The molecule has 2 aliphatic heterocycles. The van der Waals surface area contributed by atoms with Crippen LogP contribution in [0.2, 0.25) is 0 Å². The zero-order chi connectivity index (χ0) is 19.3. The van der Waals surface area contributed by atoms with Crippen LogP contribution >= 0.6 is 0 Å². The number of carbonyl (C=O) groups excluding carboxylic acids is 1. The molecule has 0 amide bonds. The molecule has 4 aliphatic rings. The molecular formula is C20H25N5O3. The van der Waals surface area contributed by atoms with Crippen LogP contribution in [-0.2, 0) is 0 Å². The molecule has 0 bridgehead atoms. The topological polar surface area (TPSA) is 116 Å². The zero-order valence-corrected chi connectivity index (χ0v) is 15.8. The molecule has 0 radical (unpaired) electrons. The van der Waals surface area contributed by atoms with E-state index >= 15 is 0 Å². The predicted octanol–water partition coefficient (Wildman–Crippen LogP) is 2.16. The summed E-state index contributed by atoms with van der Waals surface area (Å²) < 4.78 is 11.5. The van der Waals surface area contributed by atoms with E-state index in [1.54, 1.807) is 6.07 Å². The number of aliphatic imine (C=N–C) groups is 2. The maximum Gasteiger partial charge on any atom is 0.220 e. The number of fused-ring (bicyclic) bond motifs is 1. The smallest absolute Gasteiger partial charge is 0.220 e. The highest BCUT2D eigenvalue weighted by Crippen LogP contribution is 2.46. The molecule has 2 saturated carbocycles. The minimum Gasteiger partial charge on any atom is -0.486 e. The molecule has 2 fully saturated rings. The lowest BCUT2D eigenvalue weighted by molar-refractivity contribution is 0.0966. The Morgan fingerprint density at radius 3 is 2.43 bits per heavy atom. The Kier molecular flexibility index (Phi) is 3.96. The summed E-state index contributed by atoms with van der Waals surface area (Å²) in [7, 11) is 0. The largest absolute Gasteiger partial charge is 0.486 e. The average Bonchev–Trinajstić information content (AvgIpc) is 3.52. The van der Waals surface area contributed by atoms with Gasteiger partial charge in [0.1, 0.15) is 18.9 Å². The van der Waals surface area contributed by atoms with E-state index in [9.17, 15) is 4.79 Å². The molecule has 8 nitrogen and oxygen atoms in total. The van der Waals surface area contributed by atoms with E-state index in [1.807, 2.05) is 11.0 Å². The van der Waals surface area contributed by atoms with Crippen LogP contribution in [0.15, 0.2) is 22.1 Å². The highest BCUT2D eigenvalue weighted by Gasteiger charge is 2.45. The van der Waals surface area contributed by atoms with Gasteiger partial charge in [-0.25, -0.2) is 4.99 Å². The summed E-state index contributed by atoms with van der Waals surface area (Å²) in [4.78, 5) is 24.0. The van der Waals surface area contributed by atoms with Gasteiger partial charge in [0.2, 0.25) is 11.9 Å². The van der Waals surface area contributed by atoms with Crippen LogP contribution in [0.5, 0.6) is 11.5 Å². The molecule has 2 aliphatic carbocycles. The summed E-state index contributed by atoms with van der Waals surface area (Å²) in [6.07, 6.45) is 6.68. The fraction of sp³-hybridized carbons (Fsp3) is 0.550. The molecule has 5 rings (SSSR count). The van der Waals surface area contributed by atoms with Crippen LogP contribution in [0.1, 0.15) is 55.3 Å². The summed E-state index contributed by atoms with van der Waals surface area (Å²) in [6, 6.07) is 3.66. The molecule has 0 saturated heterocycles. The number of Topliss-reactive ketones (excluding diaryl/α,β-unsaturated/α-hetero) is 1. The molecular weight excluding hydrogens is 358 g/mol. The highest BCUT2D eigenvalue weighted by molar-refractivity contribution is 6.12. The van der Waals surface area contributed by atoms with E-state index in [0.29, 0.717) is 36.0 Å².